The summed E-state index contributed by atoms with van der Waals surface area (Å²) in [6.45, 7) is 0. The van der Waals surface area contributed by atoms with E-state index in [4.69, 9.17) is 9.84 Å². The van der Waals surface area contributed by atoms with Gasteiger partial charge in [0.15, 0.2) is 0 Å². The van der Waals surface area contributed by atoms with Crippen LogP contribution in [-0.4, -0.2) is 18.2 Å². The fourth-order valence-electron chi connectivity index (χ4n) is 2.35. The highest BCUT2D eigenvalue weighted by Crippen LogP contribution is 2.58. The number of carboxylic acids is 1. The molecular weight excluding hydrogens is 242 g/mol. The molecule has 0 radical (unpaired) electrons. The first kappa shape index (κ1) is 12.8. The zero-order valence-corrected chi connectivity index (χ0v) is 9.95. The summed E-state index contributed by atoms with van der Waals surface area (Å²) >= 11 is 0. The first-order valence-corrected chi connectivity index (χ1v) is 5.70. The number of carboxylic acid groups (broad SMARTS) is 1. The SMILES string of the molecule is COc1ccccc1C(F)(F)C1(C(=O)O)CCC1. The molecule has 0 heterocycles. The molecule has 1 aliphatic carbocycles. The second-order valence-corrected chi connectivity index (χ2v) is 4.52. The Labute approximate surface area is 103 Å². The Bertz CT molecular complexity index is 467. The van der Waals surface area contributed by atoms with Gasteiger partial charge in [0.05, 0.1) is 12.7 Å². The lowest BCUT2D eigenvalue weighted by Crippen LogP contribution is -2.50. The van der Waals surface area contributed by atoms with E-state index in [9.17, 15) is 13.6 Å². The molecule has 18 heavy (non-hydrogen) atoms. The van der Waals surface area contributed by atoms with Gasteiger partial charge in [-0.15, -0.1) is 0 Å². The van der Waals surface area contributed by atoms with Crippen LogP contribution in [0.25, 0.3) is 0 Å². The molecule has 0 atom stereocenters. The Morgan fingerprint density at radius 3 is 2.44 bits per heavy atom. The van der Waals surface area contributed by atoms with Crippen LogP contribution < -0.4 is 4.74 Å². The van der Waals surface area contributed by atoms with Crippen molar-refractivity contribution in [2.45, 2.75) is 25.2 Å². The third-order valence-corrected chi connectivity index (χ3v) is 3.66. The van der Waals surface area contributed by atoms with Crippen molar-refractivity contribution in [2.75, 3.05) is 7.11 Å². The molecule has 1 saturated carbocycles. The van der Waals surface area contributed by atoms with E-state index < -0.39 is 17.3 Å². The largest absolute Gasteiger partial charge is 0.496 e. The van der Waals surface area contributed by atoms with Crippen LogP contribution in [0.5, 0.6) is 5.75 Å². The van der Waals surface area contributed by atoms with Crippen molar-refractivity contribution in [3.8, 4) is 5.75 Å². The van der Waals surface area contributed by atoms with Crippen LogP contribution in [0.2, 0.25) is 0 Å². The monoisotopic (exact) mass is 256 g/mol. The van der Waals surface area contributed by atoms with E-state index in [1.807, 2.05) is 0 Å². The van der Waals surface area contributed by atoms with Crippen LogP contribution in [0, 0.1) is 5.41 Å². The summed E-state index contributed by atoms with van der Waals surface area (Å²) in [6.07, 6.45) is 0.498. The number of hydrogen-bond donors (Lipinski definition) is 1. The zero-order chi connectivity index (χ0) is 13.4. The average molecular weight is 256 g/mol. The van der Waals surface area contributed by atoms with Crippen LogP contribution >= 0.6 is 0 Å². The second kappa shape index (κ2) is 4.23. The summed E-state index contributed by atoms with van der Waals surface area (Å²) in [6, 6.07) is 5.67. The Kier molecular flexibility index (Phi) is 3.00. The van der Waals surface area contributed by atoms with Gasteiger partial charge in [0.1, 0.15) is 11.2 Å². The summed E-state index contributed by atoms with van der Waals surface area (Å²) in [5.41, 5.74) is -2.34. The number of rotatable bonds is 4. The lowest BCUT2D eigenvalue weighted by molar-refractivity contribution is -0.201. The molecule has 98 valence electrons. The van der Waals surface area contributed by atoms with Crippen LogP contribution in [0.3, 0.4) is 0 Å². The molecule has 0 bridgehead atoms. The smallest absolute Gasteiger partial charge is 0.316 e. The molecule has 0 amide bonds. The van der Waals surface area contributed by atoms with E-state index in [1.165, 1.54) is 25.3 Å². The topological polar surface area (TPSA) is 46.5 Å². The van der Waals surface area contributed by atoms with Crippen molar-refractivity contribution in [1.29, 1.82) is 0 Å². The number of halogens is 2. The quantitative estimate of drug-likeness (QED) is 0.900. The third kappa shape index (κ3) is 1.57. The highest BCUT2D eigenvalue weighted by Gasteiger charge is 2.64. The van der Waals surface area contributed by atoms with Crippen LogP contribution in [-0.2, 0) is 10.7 Å². The summed E-state index contributed by atoms with van der Waals surface area (Å²) in [7, 11) is 1.29. The molecule has 0 aliphatic heterocycles. The molecule has 0 spiro atoms. The maximum absolute atomic E-state index is 14.5. The Balaban J connectivity index is 2.50. The minimum atomic E-state index is -3.43. The van der Waals surface area contributed by atoms with E-state index in [2.05, 4.69) is 0 Å². The fourth-order valence-corrected chi connectivity index (χ4v) is 2.35. The van der Waals surface area contributed by atoms with E-state index in [-0.39, 0.29) is 24.2 Å². The van der Waals surface area contributed by atoms with E-state index in [1.54, 1.807) is 6.07 Å². The lowest BCUT2D eigenvalue weighted by atomic mass is 9.63. The standard InChI is InChI=1S/C13H14F2O3/c1-18-10-6-3-2-5-9(10)13(14,15)12(11(16)17)7-4-8-12/h2-3,5-6H,4,7-8H2,1H3,(H,16,17). The minimum Gasteiger partial charge on any atom is -0.496 e. The van der Waals surface area contributed by atoms with Crippen LogP contribution in [0.4, 0.5) is 8.78 Å². The number of hydrogen-bond acceptors (Lipinski definition) is 2. The Morgan fingerprint density at radius 1 is 1.39 bits per heavy atom. The van der Waals surface area contributed by atoms with Gasteiger partial charge in [0, 0.05) is 0 Å². The van der Waals surface area contributed by atoms with Gasteiger partial charge in [-0.1, -0.05) is 18.6 Å². The summed E-state index contributed by atoms with van der Waals surface area (Å²) in [5, 5.41) is 9.12. The molecule has 0 unspecified atom stereocenters. The van der Waals surface area contributed by atoms with Gasteiger partial charge in [-0.3, -0.25) is 4.79 Å². The maximum Gasteiger partial charge on any atom is 0.316 e. The van der Waals surface area contributed by atoms with Crippen molar-refractivity contribution in [3.63, 3.8) is 0 Å². The number of methoxy groups -OCH3 is 1. The summed E-state index contributed by atoms with van der Waals surface area (Å²) < 4.78 is 33.9. The summed E-state index contributed by atoms with van der Waals surface area (Å²) in [4.78, 5) is 11.2. The minimum absolute atomic E-state index is 0.00657. The molecule has 0 saturated heterocycles. The predicted octanol–water partition coefficient (Wildman–Crippen LogP) is 3.04. The van der Waals surface area contributed by atoms with E-state index in [0.29, 0.717) is 6.42 Å². The molecular formula is C13H14F2O3. The second-order valence-electron chi connectivity index (χ2n) is 4.52. The van der Waals surface area contributed by atoms with E-state index in [0.717, 1.165) is 0 Å². The van der Waals surface area contributed by atoms with Crippen molar-refractivity contribution < 1.29 is 23.4 Å². The molecule has 3 nitrogen and oxygen atoms in total. The molecule has 2 rings (SSSR count). The van der Waals surface area contributed by atoms with Crippen molar-refractivity contribution in [2.24, 2.45) is 5.41 Å². The Morgan fingerprint density at radius 2 is 2.00 bits per heavy atom. The number of para-hydroxylation sites is 1. The van der Waals surface area contributed by atoms with Gasteiger partial charge in [-0.2, -0.15) is 8.78 Å². The number of alkyl halides is 2. The molecule has 1 N–H and O–H groups in total. The molecule has 1 aromatic carbocycles. The molecule has 1 aromatic rings. The first-order valence-electron chi connectivity index (χ1n) is 5.70. The molecule has 5 heteroatoms. The zero-order valence-electron chi connectivity index (χ0n) is 9.95. The number of benzene rings is 1. The van der Waals surface area contributed by atoms with Gasteiger partial charge in [-0.25, -0.2) is 0 Å². The van der Waals surface area contributed by atoms with Crippen molar-refractivity contribution in [1.82, 2.24) is 0 Å². The molecule has 0 aromatic heterocycles. The third-order valence-electron chi connectivity index (χ3n) is 3.66. The average Bonchev–Trinajstić information content (AvgIpc) is 2.26. The number of ether oxygens (including phenoxy) is 1. The van der Waals surface area contributed by atoms with Gasteiger partial charge in [0.2, 0.25) is 0 Å². The van der Waals surface area contributed by atoms with Gasteiger partial charge >= 0.3 is 5.97 Å². The Hall–Kier alpha value is -1.65. The normalized spacial score (nSPS) is 17.9. The van der Waals surface area contributed by atoms with Gasteiger partial charge < -0.3 is 9.84 Å². The predicted molar refractivity (Wildman–Crippen MR) is 60.8 cm³/mol. The van der Waals surface area contributed by atoms with Crippen LogP contribution in [0.1, 0.15) is 24.8 Å². The molecule has 1 fully saturated rings. The van der Waals surface area contributed by atoms with Gasteiger partial charge in [0.25, 0.3) is 5.92 Å². The van der Waals surface area contributed by atoms with Crippen molar-refractivity contribution in [3.05, 3.63) is 29.8 Å². The van der Waals surface area contributed by atoms with E-state index >= 15 is 0 Å². The highest BCUT2D eigenvalue weighted by molar-refractivity contribution is 5.78. The van der Waals surface area contributed by atoms with Crippen molar-refractivity contribution >= 4 is 5.97 Å². The fraction of sp³-hybridized carbons (Fsp3) is 0.462. The van der Waals surface area contributed by atoms with Gasteiger partial charge in [-0.05, 0) is 25.0 Å². The number of aliphatic carboxylic acids is 1. The highest BCUT2D eigenvalue weighted by atomic mass is 19.3. The maximum atomic E-state index is 14.5. The molecule has 1 aliphatic rings. The summed E-state index contributed by atoms with van der Waals surface area (Å²) in [5.74, 6) is -4.84. The number of carbonyl (C=O) groups is 1. The van der Waals surface area contributed by atoms with Crippen LogP contribution in [0.15, 0.2) is 24.3 Å². The lowest BCUT2D eigenvalue weighted by Gasteiger charge is -2.43. The first-order chi connectivity index (χ1) is 8.45.